The summed E-state index contributed by atoms with van der Waals surface area (Å²) >= 11 is 0. The maximum atomic E-state index is 12.3. The smallest absolute Gasteiger partial charge is 0.264 e. The Morgan fingerprint density at radius 2 is 1.00 bits per heavy atom. The Morgan fingerprint density at radius 3 is 1.37 bits per heavy atom. The number of rotatable bonds is 23. The molecule has 0 aliphatic heterocycles. The van der Waals surface area contributed by atoms with E-state index in [1.54, 1.807) is 0 Å². The van der Waals surface area contributed by atoms with E-state index in [0.29, 0.717) is 24.1 Å². The average Bonchev–Trinajstić information content (AvgIpc) is 2.71. The highest BCUT2D eigenvalue weighted by molar-refractivity contribution is 5.74. The van der Waals surface area contributed by atoms with Crippen LogP contribution in [-0.4, -0.2) is 53.6 Å². The SMILES string of the molecule is CCCCCCCCCCCCCCCCCC(=O)N[N+](CCC)(CCO)CCO. The van der Waals surface area contributed by atoms with Gasteiger partial charge in [0.2, 0.25) is 0 Å². The number of amides is 1. The summed E-state index contributed by atoms with van der Waals surface area (Å²) in [7, 11) is 0. The Hall–Kier alpha value is -0.650. The number of carbonyl (C=O) groups is 1. The van der Waals surface area contributed by atoms with E-state index in [4.69, 9.17) is 0 Å². The number of quaternary nitrogens is 1. The van der Waals surface area contributed by atoms with Crippen molar-refractivity contribution in [3.63, 3.8) is 0 Å². The molecule has 0 fully saturated rings. The van der Waals surface area contributed by atoms with Crippen molar-refractivity contribution in [3.05, 3.63) is 0 Å². The van der Waals surface area contributed by atoms with E-state index < -0.39 is 0 Å². The summed E-state index contributed by atoms with van der Waals surface area (Å²) < 4.78 is 0.293. The molecule has 3 N–H and O–H groups in total. The highest BCUT2D eigenvalue weighted by Crippen LogP contribution is 2.14. The second-order valence-corrected chi connectivity index (χ2v) is 9.00. The van der Waals surface area contributed by atoms with E-state index in [9.17, 15) is 15.0 Å². The molecule has 0 saturated heterocycles. The van der Waals surface area contributed by atoms with E-state index in [2.05, 4.69) is 19.3 Å². The number of hydrogen-bond donors (Lipinski definition) is 3. The van der Waals surface area contributed by atoms with Gasteiger partial charge in [0.25, 0.3) is 5.91 Å². The Kier molecular flexibility index (Phi) is 21.1. The van der Waals surface area contributed by atoms with Crippen molar-refractivity contribution in [1.82, 2.24) is 5.43 Å². The minimum absolute atomic E-state index is 0.0131. The van der Waals surface area contributed by atoms with Crippen LogP contribution >= 0.6 is 0 Å². The molecule has 0 unspecified atom stereocenters. The second-order valence-electron chi connectivity index (χ2n) is 9.00. The van der Waals surface area contributed by atoms with Gasteiger partial charge in [-0.3, -0.25) is 4.79 Å². The lowest BCUT2D eigenvalue weighted by atomic mass is 10.0. The van der Waals surface area contributed by atoms with Crippen LogP contribution in [0.3, 0.4) is 0 Å². The van der Waals surface area contributed by atoms with Crippen LogP contribution in [0.5, 0.6) is 0 Å². The van der Waals surface area contributed by atoms with Crippen molar-refractivity contribution in [2.24, 2.45) is 0 Å². The first-order valence-electron chi connectivity index (χ1n) is 13.0. The molecule has 1 amide bonds. The predicted octanol–water partition coefficient (Wildman–Crippen LogP) is 5.49. The van der Waals surface area contributed by atoms with Crippen LogP contribution in [0, 0.1) is 0 Å². The zero-order valence-electron chi connectivity index (χ0n) is 20.3. The number of aliphatic hydroxyl groups excluding tert-OH is 2. The quantitative estimate of drug-likeness (QED) is 0.114. The van der Waals surface area contributed by atoms with Crippen molar-refractivity contribution >= 4 is 5.91 Å². The summed E-state index contributed by atoms with van der Waals surface area (Å²) in [5.74, 6) is 0.0417. The van der Waals surface area contributed by atoms with E-state index in [1.807, 2.05) is 0 Å². The van der Waals surface area contributed by atoms with Gasteiger partial charge in [-0.05, 0) is 12.8 Å². The minimum Gasteiger partial charge on any atom is -0.390 e. The molecule has 0 aromatic carbocycles. The third kappa shape index (κ3) is 17.1. The Morgan fingerprint density at radius 1 is 0.600 bits per heavy atom. The number of aliphatic hydroxyl groups is 2. The average molecular weight is 430 g/mol. The van der Waals surface area contributed by atoms with Gasteiger partial charge < -0.3 is 10.2 Å². The number of nitrogens with one attached hydrogen (secondary N) is 1. The first kappa shape index (κ1) is 29.4. The first-order valence-corrected chi connectivity index (χ1v) is 13.0. The second kappa shape index (κ2) is 21.6. The van der Waals surface area contributed by atoms with E-state index in [1.165, 1.54) is 83.5 Å². The summed E-state index contributed by atoms with van der Waals surface area (Å²) in [6.45, 7) is 6.01. The molecule has 0 saturated carbocycles. The monoisotopic (exact) mass is 429 g/mol. The fourth-order valence-electron chi connectivity index (χ4n) is 4.29. The van der Waals surface area contributed by atoms with Gasteiger partial charge in [0, 0.05) is 6.42 Å². The summed E-state index contributed by atoms with van der Waals surface area (Å²) in [6, 6.07) is 0. The maximum absolute atomic E-state index is 12.3. The van der Waals surface area contributed by atoms with Crippen molar-refractivity contribution < 1.29 is 19.6 Å². The molecule has 0 aromatic rings. The molecule has 30 heavy (non-hydrogen) atoms. The topological polar surface area (TPSA) is 69.6 Å². The van der Waals surface area contributed by atoms with Crippen molar-refractivity contribution in [2.75, 3.05) is 32.8 Å². The molecule has 0 atom stereocenters. The Bertz CT molecular complexity index is 360. The van der Waals surface area contributed by atoms with Crippen molar-refractivity contribution in [3.8, 4) is 0 Å². The van der Waals surface area contributed by atoms with Crippen LogP contribution in [0.4, 0.5) is 0 Å². The largest absolute Gasteiger partial charge is 0.390 e. The number of carbonyl (C=O) groups excluding carboxylic acids is 1. The van der Waals surface area contributed by atoms with Crippen LogP contribution in [0.25, 0.3) is 0 Å². The molecule has 0 spiro atoms. The summed E-state index contributed by atoms with van der Waals surface area (Å²) in [5.41, 5.74) is 3.06. The summed E-state index contributed by atoms with van der Waals surface area (Å²) in [4.78, 5) is 12.3. The van der Waals surface area contributed by atoms with Gasteiger partial charge in [0.15, 0.2) is 0 Å². The summed E-state index contributed by atoms with van der Waals surface area (Å²) in [6.07, 6.45) is 21.3. The molecule has 0 radical (unpaired) electrons. The molecule has 0 aliphatic carbocycles. The van der Waals surface area contributed by atoms with E-state index in [-0.39, 0.29) is 19.1 Å². The lowest BCUT2D eigenvalue weighted by Crippen LogP contribution is -2.63. The normalized spacial score (nSPS) is 11.7. The third-order valence-corrected chi connectivity index (χ3v) is 6.08. The third-order valence-electron chi connectivity index (χ3n) is 6.08. The molecule has 180 valence electrons. The summed E-state index contributed by atoms with van der Waals surface area (Å²) in [5, 5.41) is 18.7. The van der Waals surface area contributed by atoms with Crippen LogP contribution in [-0.2, 0) is 4.79 Å². The molecule has 0 rings (SSSR count). The molecule has 0 aromatic heterocycles. The molecule has 5 nitrogen and oxygen atoms in total. The maximum Gasteiger partial charge on any atom is 0.264 e. The van der Waals surface area contributed by atoms with Gasteiger partial charge in [0.1, 0.15) is 19.6 Å². The van der Waals surface area contributed by atoms with Gasteiger partial charge >= 0.3 is 0 Å². The van der Waals surface area contributed by atoms with Gasteiger partial charge in [-0.1, -0.05) is 104 Å². The van der Waals surface area contributed by atoms with Crippen LogP contribution in [0.2, 0.25) is 0 Å². The van der Waals surface area contributed by atoms with Crippen LogP contribution in [0.1, 0.15) is 123 Å². The zero-order valence-corrected chi connectivity index (χ0v) is 20.3. The lowest BCUT2D eigenvalue weighted by Gasteiger charge is -2.36. The highest BCUT2D eigenvalue weighted by atomic mass is 16.3. The van der Waals surface area contributed by atoms with Crippen molar-refractivity contribution in [1.29, 1.82) is 0 Å². The fraction of sp³-hybridized carbons (Fsp3) is 0.960. The lowest BCUT2D eigenvalue weighted by molar-refractivity contribution is -0.961. The Labute approximate surface area is 187 Å². The molecule has 0 bridgehead atoms. The standard InChI is InChI=1S/C25H52N2O3/c1-3-5-6-7-8-9-10-11-12-13-14-15-16-17-18-19-25(30)26-27(20-4-2,21-23-28)22-24-29/h28-29H,3-24H2,1-2H3/p+1. The highest BCUT2D eigenvalue weighted by Gasteiger charge is 2.28. The van der Waals surface area contributed by atoms with Crippen LogP contribution < -0.4 is 5.43 Å². The van der Waals surface area contributed by atoms with Crippen molar-refractivity contribution in [2.45, 2.75) is 123 Å². The number of unbranched alkanes of at least 4 members (excludes halogenated alkanes) is 14. The molecular formula is C25H53N2O3+. The molecule has 0 heterocycles. The van der Waals surface area contributed by atoms with Gasteiger partial charge in [-0.15, -0.1) is 0 Å². The van der Waals surface area contributed by atoms with Gasteiger partial charge in [-0.25, -0.2) is 10.0 Å². The Balaban J connectivity index is 3.61. The molecule has 5 heteroatoms. The molecule has 0 aliphatic rings. The number of nitrogens with zero attached hydrogens (tertiary/aromatic N) is 1. The van der Waals surface area contributed by atoms with E-state index in [0.717, 1.165) is 25.8 Å². The van der Waals surface area contributed by atoms with Gasteiger partial charge in [0.05, 0.1) is 13.2 Å². The zero-order chi connectivity index (χ0) is 22.3. The fourth-order valence-corrected chi connectivity index (χ4v) is 4.29. The predicted molar refractivity (Wildman–Crippen MR) is 127 cm³/mol. The van der Waals surface area contributed by atoms with Gasteiger partial charge in [-0.2, -0.15) is 0 Å². The number of hydrogen-bond acceptors (Lipinski definition) is 3. The van der Waals surface area contributed by atoms with Crippen LogP contribution in [0.15, 0.2) is 0 Å². The minimum atomic E-state index is 0.0131. The van der Waals surface area contributed by atoms with E-state index >= 15 is 0 Å². The molecular weight excluding hydrogens is 376 g/mol. The first-order chi connectivity index (χ1) is 14.6.